The summed E-state index contributed by atoms with van der Waals surface area (Å²) in [6.07, 6.45) is 4.97. The van der Waals surface area contributed by atoms with Crippen LogP contribution in [0.15, 0.2) is 41.3 Å². The van der Waals surface area contributed by atoms with Crippen molar-refractivity contribution in [3.8, 4) is 0 Å². The Morgan fingerprint density at radius 1 is 1.33 bits per heavy atom. The number of carbonyl (C=O) groups excluding carboxylic acids is 1. The summed E-state index contributed by atoms with van der Waals surface area (Å²) in [7, 11) is 0. The van der Waals surface area contributed by atoms with Crippen LogP contribution in [0.1, 0.15) is 42.5 Å². The second-order valence-corrected chi connectivity index (χ2v) is 5.69. The number of furan rings is 1. The molecule has 1 unspecified atom stereocenters. The molecule has 2 aromatic heterocycles. The number of carbonyl (C=O) groups is 1. The molecular formula is C17H22N2O2. The van der Waals surface area contributed by atoms with Crippen LogP contribution in [0.2, 0.25) is 0 Å². The zero-order chi connectivity index (χ0) is 15.4. The Labute approximate surface area is 125 Å². The Hall–Kier alpha value is -2.10. The van der Waals surface area contributed by atoms with Crippen LogP contribution in [0.25, 0.3) is 0 Å². The summed E-state index contributed by atoms with van der Waals surface area (Å²) in [5.41, 5.74) is 1.59. The molecule has 0 saturated carbocycles. The lowest BCUT2D eigenvalue weighted by molar-refractivity contribution is 0.0610. The Bertz CT molecular complexity index is 591. The van der Waals surface area contributed by atoms with Gasteiger partial charge in [-0.1, -0.05) is 13.8 Å². The molecule has 0 aromatic carbocycles. The van der Waals surface area contributed by atoms with Crippen molar-refractivity contribution < 1.29 is 9.21 Å². The molecule has 0 radical (unpaired) electrons. The van der Waals surface area contributed by atoms with Crippen molar-refractivity contribution in [2.24, 2.45) is 5.92 Å². The van der Waals surface area contributed by atoms with Crippen molar-refractivity contribution in [2.45, 2.75) is 40.3 Å². The van der Waals surface area contributed by atoms with E-state index in [2.05, 4.69) is 25.8 Å². The standard InChI is InChI=1S/C17H22N2O2/c1-12(2)14(4)19(11-15-6-5-9-21-15)17(20)16-10-18-8-7-13(16)3/h5-10,12,14H,11H2,1-4H3. The molecule has 0 aliphatic heterocycles. The van der Waals surface area contributed by atoms with E-state index in [0.717, 1.165) is 11.3 Å². The number of nitrogens with zero attached hydrogens (tertiary/aromatic N) is 2. The summed E-state index contributed by atoms with van der Waals surface area (Å²) < 4.78 is 5.40. The van der Waals surface area contributed by atoms with Gasteiger partial charge in [-0.2, -0.15) is 0 Å². The number of pyridine rings is 1. The first kappa shape index (κ1) is 15.3. The van der Waals surface area contributed by atoms with E-state index >= 15 is 0 Å². The van der Waals surface area contributed by atoms with Gasteiger partial charge in [0.2, 0.25) is 0 Å². The van der Waals surface area contributed by atoms with Gasteiger partial charge in [-0.05, 0) is 43.5 Å². The summed E-state index contributed by atoms with van der Waals surface area (Å²) in [5.74, 6) is 1.15. The predicted molar refractivity (Wildman–Crippen MR) is 81.9 cm³/mol. The van der Waals surface area contributed by atoms with Crippen LogP contribution in [0.4, 0.5) is 0 Å². The SMILES string of the molecule is Cc1ccncc1C(=O)N(Cc1ccco1)C(C)C(C)C. The van der Waals surface area contributed by atoms with Crippen molar-refractivity contribution in [2.75, 3.05) is 0 Å². The topological polar surface area (TPSA) is 46.3 Å². The first-order valence-electron chi connectivity index (χ1n) is 7.24. The quantitative estimate of drug-likeness (QED) is 0.842. The third-order valence-electron chi connectivity index (χ3n) is 3.89. The van der Waals surface area contributed by atoms with Crippen molar-refractivity contribution in [3.05, 3.63) is 53.7 Å². The largest absolute Gasteiger partial charge is 0.467 e. The fourth-order valence-electron chi connectivity index (χ4n) is 2.17. The number of hydrogen-bond donors (Lipinski definition) is 0. The molecule has 2 rings (SSSR count). The van der Waals surface area contributed by atoms with Crippen molar-refractivity contribution in [1.82, 2.24) is 9.88 Å². The van der Waals surface area contributed by atoms with Gasteiger partial charge in [0, 0.05) is 18.4 Å². The van der Waals surface area contributed by atoms with Crippen LogP contribution in [0, 0.1) is 12.8 Å². The molecule has 2 heterocycles. The lowest BCUT2D eigenvalue weighted by Gasteiger charge is -2.31. The van der Waals surface area contributed by atoms with Gasteiger partial charge in [-0.25, -0.2) is 0 Å². The molecule has 0 fully saturated rings. The molecular weight excluding hydrogens is 264 g/mol. The van der Waals surface area contributed by atoms with E-state index in [9.17, 15) is 4.79 Å². The lowest BCUT2D eigenvalue weighted by Crippen LogP contribution is -2.41. The van der Waals surface area contributed by atoms with Crippen LogP contribution in [0.3, 0.4) is 0 Å². The van der Waals surface area contributed by atoms with E-state index in [1.807, 2.05) is 30.0 Å². The normalized spacial score (nSPS) is 12.4. The molecule has 4 nitrogen and oxygen atoms in total. The second kappa shape index (κ2) is 6.57. The molecule has 1 atom stereocenters. The summed E-state index contributed by atoms with van der Waals surface area (Å²) in [6, 6.07) is 5.71. The van der Waals surface area contributed by atoms with Gasteiger partial charge in [0.25, 0.3) is 5.91 Å². The minimum absolute atomic E-state index is 0.00167. The Balaban J connectivity index is 2.30. The maximum Gasteiger partial charge on any atom is 0.256 e. The molecule has 0 aliphatic carbocycles. The maximum absolute atomic E-state index is 12.9. The van der Waals surface area contributed by atoms with Crippen molar-refractivity contribution >= 4 is 5.91 Å². The van der Waals surface area contributed by atoms with Crippen LogP contribution in [0.5, 0.6) is 0 Å². The number of aryl methyl sites for hydroxylation is 1. The van der Waals surface area contributed by atoms with Gasteiger partial charge in [0.15, 0.2) is 0 Å². The molecule has 4 heteroatoms. The first-order chi connectivity index (χ1) is 10.0. The highest BCUT2D eigenvalue weighted by molar-refractivity contribution is 5.95. The second-order valence-electron chi connectivity index (χ2n) is 5.69. The summed E-state index contributed by atoms with van der Waals surface area (Å²) in [6.45, 7) is 8.70. The minimum Gasteiger partial charge on any atom is -0.467 e. The predicted octanol–water partition coefficient (Wildman–Crippen LogP) is 3.67. The molecule has 0 aliphatic rings. The highest BCUT2D eigenvalue weighted by Gasteiger charge is 2.25. The monoisotopic (exact) mass is 286 g/mol. The number of hydrogen-bond acceptors (Lipinski definition) is 3. The molecule has 0 saturated heterocycles. The van der Waals surface area contributed by atoms with Gasteiger partial charge < -0.3 is 9.32 Å². The fraction of sp³-hybridized carbons (Fsp3) is 0.412. The smallest absolute Gasteiger partial charge is 0.256 e. The van der Waals surface area contributed by atoms with Crippen LogP contribution >= 0.6 is 0 Å². The molecule has 0 spiro atoms. The molecule has 21 heavy (non-hydrogen) atoms. The summed E-state index contributed by atoms with van der Waals surface area (Å²) in [4.78, 5) is 18.8. The average Bonchev–Trinajstić information content (AvgIpc) is 2.97. The zero-order valence-corrected chi connectivity index (χ0v) is 13.0. The van der Waals surface area contributed by atoms with Crippen LogP contribution in [-0.2, 0) is 6.54 Å². The lowest BCUT2D eigenvalue weighted by atomic mass is 10.0. The van der Waals surface area contributed by atoms with E-state index in [0.29, 0.717) is 18.0 Å². The van der Waals surface area contributed by atoms with E-state index in [1.165, 1.54) is 0 Å². The van der Waals surface area contributed by atoms with Gasteiger partial charge in [-0.15, -0.1) is 0 Å². The number of rotatable bonds is 5. The molecule has 0 N–H and O–H groups in total. The number of amides is 1. The summed E-state index contributed by atoms with van der Waals surface area (Å²) in [5, 5.41) is 0. The van der Waals surface area contributed by atoms with E-state index in [1.54, 1.807) is 18.7 Å². The Kier molecular flexibility index (Phi) is 4.78. The third-order valence-corrected chi connectivity index (χ3v) is 3.89. The van der Waals surface area contributed by atoms with E-state index < -0.39 is 0 Å². The molecule has 112 valence electrons. The zero-order valence-electron chi connectivity index (χ0n) is 13.0. The van der Waals surface area contributed by atoms with Crippen LogP contribution in [-0.4, -0.2) is 21.8 Å². The molecule has 1 amide bonds. The van der Waals surface area contributed by atoms with Crippen molar-refractivity contribution in [1.29, 1.82) is 0 Å². The fourth-order valence-corrected chi connectivity index (χ4v) is 2.17. The highest BCUT2D eigenvalue weighted by atomic mass is 16.3. The Morgan fingerprint density at radius 3 is 2.67 bits per heavy atom. The first-order valence-corrected chi connectivity index (χ1v) is 7.24. The minimum atomic E-state index is -0.00167. The summed E-state index contributed by atoms with van der Waals surface area (Å²) >= 11 is 0. The van der Waals surface area contributed by atoms with Gasteiger partial charge >= 0.3 is 0 Å². The van der Waals surface area contributed by atoms with E-state index in [-0.39, 0.29) is 11.9 Å². The Morgan fingerprint density at radius 2 is 2.10 bits per heavy atom. The van der Waals surface area contributed by atoms with Gasteiger partial charge in [-0.3, -0.25) is 9.78 Å². The third kappa shape index (κ3) is 3.51. The van der Waals surface area contributed by atoms with Gasteiger partial charge in [0.1, 0.15) is 5.76 Å². The number of aromatic nitrogens is 1. The molecule has 0 bridgehead atoms. The van der Waals surface area contributed by atoms with Crippen LogP contribution < -0.4 is 0 Å². The van der Waals surface area contributed by atoms with Gasteiger partial charge in [0.05, 0.1) is 18.4 Å². The molecule has 2 aromatic rings. The van der Waals surface area contributed by atoms with Crippen molar-refractivity contribution in [3.63, 3.8) is 0 Å². The van der Waals surface area contributed by atoms with E-state index in [4.69, 9.17) is 4.42 Å². The maximum atomic E-state index is 12.9. The highest BCUT2D eigenvalue weighted by Crippen LogP contribution is 2.19. The average molecular weight is 286 g/mol.